The first-order valence-corrected chi connectivity index (χ1v) is 6.14. The molecule has 1 rings (SSSR count). The van der Waals surface area contributed by atoms with Crippen molar-refractivity contribution < 1.29 is 5.11 Å². The molecule has 2 N–H and O–H groups in total. The van der Waals surface area contributed by atoms with E-state index in [9.17, 15) is 0 Å². The van der Waals surface area contributed by atoms with Crippen molar-refractivity contribution in [3.8, 4) is 0 Å². The molecule has 0 aliphatic carbocycles. The van der Waals surface area contributed by atoms with E-state index in [-0.39, 0.29) is 6.61 Å². The Morgan fingerprint density at radius 1 is 1.38 bits per heavy atom. The second kappa shape index (κ2) is 7.13. The predicted octanol–water partition coefficient (Wildman–Crippen LogP) is 3.10. The summed E-state index contributed by atoms with van der Waals surface area (Å²) in [6.07, 6.45) is 0.816. The van der Waals surface area contributed by atoms with Crippen molar-refractivity contribution in [1.82, 2.24) is 5.32 Å². The van der Waals surface area contributed by atoms with Gasteiger partial charge >= 0.3 is 0 Å². The molecule has 2 nitrogen and oxygen atoms in total. The number of aliphatic hydroxyl groups excluding tert-OH is 1. The molecule has 1 atom stereocenters. The number of halogens is 2. The van der Waals surface area contributed by atoms with Crippen LogP contribution >= 0.6 is 23.2 Å². The maximum Gasteiger partial charge on any atom is 0.0451 e. The first-order chi connectivity index (χ1) is 7.63. The Morgan fingerprint density at radius 3 is 2.81 bits per heavy atom. The Bertz CT molecular complexity index is 331. The van der Waals surface area contributed by atoms with Crippen LogP contribution in [-0.4, -0.2) is 18.3 Å². The van der Waals surface area contributed by atoms with Gasteiger partial charge in [-0.25, -0.2) is 0 Å². The number of aliphatic hydroxyl groups is 1. The minimum absolute atomic E-state index is 0.237. The Balaban J connectivity index is 2.39. The predicted molar refractivity (Wildman–Crippen MR) is 69.0 cm³/mol. The number of benzene rings is 1. The summed E-state index contributed by atoms with van der Waals surface area (Å²) in [6, 6.07) is 5.45. The van der Waals surface area contributed by atoms with E-state index in [4.69, 9.17) is 28.3 Å². The van der Waals surface area contributed by atoms with Crippen LogP contribution in [0.25, 0.3) is 0 Å². The Hall–Kier alpha value is -0.280. The Morgan fingerprint density at radius 2 is 2.12 bits per heavy atom. The van der Waals surface area contributed by atoms with Crippen LogP contribution in [0.1, 0.15) is 18.9 Å². The minimum Gasteiger partial charge on any atom is -0.396 e. The third kappa shape index (κ3) is 4.71. The second-order valence-corrected chi connectivity index (χ2v) is 4.83. The van der Waals surface area contributed by atoms with Crippen molar-refractivity contribution >= 4 is 23.2 Å². The molecule has 16 heavy (non-hydrogen) atoms. The highest BCUT2D eigenvalue weighted by Gasteiger charge is 2.03. The fourth-order valence-corrected chi connectivity index (χ4v) is 1.83. The largest absolute Gasteiger partial charge is 0.396 e. The summed E-state index contributed by atoms with van der Waals surface area (Å²) in [4.78, 5) is 0. The van der Waals surface area contributed by atoms with Gasteiger partial charge in [-0.15, -0.1) is 0 Å². The fourth-order valence-electron chi connectivity index (χ4n) is 1.45. The van der Waals surface area contributed by atoms with E-state index in [1.54, 1.807) is 12.1 Å². The Kier molecular flexibility index (Phi) is 6.14. The lowest BCUT2D eigenvalue weighted by Crippen LogP contribution is -2.21. The third-order valence-electron chi connectivity index (χ3n) is 2.44. The van der Waals surface area contributed by atoms with Crippen molar-refractivity contribution in [2.45, 2.75) is 19.9 Å². The molecule has 4 heteroatoms. The van der Waals surface area contributed by atoms with E-state index in [2.05, 4.69) is 12.2 Å². The average Bonchev–Trinajstić information content (AvgIpc) is 2.23. The average molecular weight is 262 g/mol. The normalized spacial score (nSPS) is 12.8. The molecule has 1 aromatic carbocycles. The highest BCUT2D eigenvalue weighted by atomic mass is 35.5. The van der Waals surface area contributed by atoms with Gasteiger partial charge < -0.3 is 10.4 Å². The topological polar surface area (TPSA) is 32.3 Å². The van der Waals surface area contributed by atoms with Crippen molar-refractivity contribution in [2.24, 2.45) is 5.92 Å². The molecular weight excluding hydrogens is 245 g/mol. The van der Waals surface area contributed by atoms with Gasteiger partial charge in [0.1, 0.15) is 0 Å². The number of hydrogen-bond acceptors (Lipinski definition) is 2. The summed E-state index contributed by atoms with van der Waals surface area (Å²) in [5.41, 5.74) is 1.00. The van der Waals surface area contributed by atoms with Crippen LogP contribution in [0.3, 0.4) is 0 Å². The van der Waals surface area contributed by atoms with Crippen LogP contribution in [0.5, 0.6) is 0 Å². The molecule has 90 valence electrons. The summed E-state index contributed by atoms with van der Waals surface area (Å²) < 4.78 is 0. The van der Waals surface area contributed by atoms with Crippen molar-refractivity contribution in [3.05, 3.63) is 33.8 Å². The van der Waals surface area contributed by atoms with Gasteiger partial charge in [0.05, 0.1) is 0 Å². The van der Waals surface area contributed by atoms with Crippen LogP contribution < -0.4 is 5.32 Å². The Labute approximate surface area is 107 Å². The molecule has 0 bridgehead atoms. The molecule has 0 heterocycles. The lowest BCUT2D eigenvalue weighted by Gasteiger charge is -2.12. The maximum atomic E-state index is 8.77. The van der Waals surface area contributed by atoms with E-state index < -0.39 is 0 Å². The first kappa shape index (κ1) is 13.8. The highest BCUT2D eigenvalue weighted by Crippen LogP contribution is 2.20. The molecule has 1 unspecified atom stereocenters. The van der Waals surface area contributed by atoms with Crippen molar-refractivity contribution in [2.75, 3.05) is 13.2 Å². The molecule has 0 aliphatic heterocycles. The van der Waals surface area contributed by atoms with Gasteiger partial charge in [-0.3, -0.25) is 0 Å². The zero-order valence-corrected chi connectivity index (χ0v) is 10.9. The molecule has 0 fully saturated rings. The third-order valence-corrected chi connectivity index (χ3v) is 3.04. The minimum atomic E-state index is 0.237. The summed E-state index contributed by atoms with van der Waals surface area (Å²) >= 11 is 11.9. The van der Waals surface area contributed by atoms with Crippen molar-refractivity contribution in [1.29, 1.82) is 0 Å². The number of rotatable bonds is 6. The van der Waals surface area contributed by atoms with Gasteiger partial charge in [0.15, 0.2) is 0 Å². The lowest BCUT2D eigenvalue weighted by molar-refractivity contribution is 0.260. The molecule has 0 saturated carbocycles. The summed E-state index contributed by atoms with van der Waals surface area (Å²) in [6.45, 7) is 3.90. The molecular formula is C12H17Cl2NO. The molecule has 0 spiro atoms. The van der Waals surface area contributed by atoms with Gasteiger partial charge in [-0.1, -0.05) is 30.1 Å². The second-order valence-electron chi connectivity index (χ2n) is 3.98. The number of hydrogen-bond donors (Lipinski definition) is 2. The quantitative estimate of drug-likeness (QED) is 0.825. The van der Waals surface area contributed by atoms with Crippen LogP contribution in [0, 0.1) is 5.92 Å². The van der Waals surface area contributed by atoms with Gasteiger partial charge in [-0.2, -0.15) is 0 Å². The van der Waals surface area contributed by atoms with Crippen LogP contribution in [0.4, 0.5) is 0 Å². The van der Waals surface area contributed by atoms with E-state index in [1.807, 2.05) is 6.07 Å². The van der Waals surface area contributed by atoms with E-state index in [1.165, 1.54) is 0 Å². The molecule has 0 radical (unpaired) electrons. The molecule has 0 aromatic heterocycles. The lowest BCUT2D eigenvalue weighted by atomic mass is 10.1. The summed E-state index contributed by atoms with van der Waals surface area (Å²) in [5, 5.41) is 13.5. The standard InChI is InChI=1S/C12H17Cl2NO/c1-9(4-5-16)7-15-8-10-6-11(13)2-3-12(10)14/h2-3,6,9,15-16H,4-5,7-8H2,1H3. The van der Waals surface area contributed by atoms with Gasteiger partial charge in [0, 0.05) is 23.2 Å². The van der Waals surface area contributed by atoms with Crippen LogP contribution in [0.2, 0.25) is 10.0 Å². The molecule has 1 aromatic rings. The van der Waals surface area contributed by atoms with Gasteiger partial charge in [0.2, 0.25) is 0 Å². The van der Waals surface area contributed by atoms with Gasteiger partial charge in [0.25, 0.3) is 0 Å². The first-order valence-electron chi connectivity index (χ1n) is 5.39. The van der Waals surface area contributed by atoms with Gasteiger partial charge in [-0.05, 0) is 42.6 Å². The monoisotopic (exact) mass is 261 g/mol. The molecule has 0 amide bonds. The van der Waals surface area contributed by atoms with E-state index >= 15 is 0 Å². The summed E-state index contributed by atoms with van der Waals surface area (Å²) in [5.74, 6) is 0.461. The highest BCUT2D eigenvalue weighted by molar-refractivity contribution is 6.33. The summed E-state index contributed by atoms with van der Waals surface area (Å²) in [7, 11) is 0. The zero-order valence-electron chi connectivity index (χ0n) is 9.34. The van der Waals surface area contributed by atoms with E-state index in [0.717, 1.165) is 23.6 Å². The number of nitrogens with one attached hydrogen (secondary N) is 1. The van der Waals surface area contributed by atoms with Crippen LogP contribution in [-0.2, 0) is 6.54 Å². The fraction of sp³-hybridized carbons (Fsp3) is 0.500. The van der Waals surface area contributed by atoms with E-state index in [0.29, 0.717) is 17.5 Å². The molecule has 0 aliphatic rings. The van der Waals surface area contributed by atoms with Crippen molar-refractivity contribution in [3.63, 3.8) is 0 Å². The molecule has 0 saturated heterocycles. The van der Waals surface area contributed by atoms with Crippen LogP contribution in [0.15, 0.2) is 18.2 Å². The smallest absolute Gasteiger partial charge is 0.0451 e. The maximum absolute atomic E-state index is 8.77. The zero-order chi connectivity index (χ0) is 12.0. The SMILES string of the molecule is CC(CCO)CNCc1cc(Cl)ccc1Cl.